The maximum atomic E-state index is 13.7. The molecule has 2 aliphatic carbocycles. The summed E-state index contributed by atoms with van der Waals surface area (Å²) in [6.45, 7) is 2.07. The number of hydrogen-bond acceptors (Lipinski definition) is 8. The zero-order valence-electron chi connectivity index (χ0n) is 19.3. The number of carbonyl (C=O) groups is 1. The van der Waals surface area contributed by atoms with E-state index in [9.17, 15) is 17.6 Å². The number of sulfonamides is 1. The van der Waals surface area contributed by atoms with Crippen LogP contribution >= 0.6 is 0 Å². The number of nitrogens with zero attached hydrogens (tertiary/aromatic N) is 3. The molecule has 1 saturated heterocycles. The number of halogens is 1. The van der Waals surface area contributed by atoms with Crippen molar-refractivity contribution in [3.05, 3.63) is 17.8 Å². The Morgan fingerprint density at radius 3 is 2.76 bits per heavy atom. The first kappa shape index (κ1) is 24.1. The number of rotatable bonds is 7. The molecule has 33 heavy (non-hydrogen) atoms. The Morgan fingerprint density at radius 2 is 2.12 bits per heavy atom. The maximum absolute atomic E-state index is 13.7. The van der Waals surface area contributed by atoms with Gasteiger partial charge in [-0.3, -0.25) is 4.90 Å². The van der Waals surface area contributed by atoms with Crippen molar-refractivity contribution in [1.82, 2.24) is 19.6 Å². The first-order valence-electron chi connectivity index (χ1n) is 11.1. The highest BCUT2D eigenvalue weighted by molar-refractivity contribution is 7.88. The van der Waals surface area contributed by atoms with Crippen LogP contribution in [0, 0.1) is 11.7 Å². The van der Waals surface area contributed by atoms with Gasteiger partial charge in [0.05, 0.1) is 45.4 Å². The molecule has 6 atom stereocenters. The monoisotopic (exact) mass is 486 g/mol. The van der Waals surface area contributed by atoms with Crippen LogP contribution in [-0.2, 0) is 24.9 Å². The summed E-state index contributed by atoms with van der Waals surface area (Å²) in [5.41, 5.74) is -0.166. The smallest absolute Gasteiger partial charge is 0.410 e. The number of aromatic nitrogens is 2. The number of likely N-dealkylation sites (tertiary alicyclic amines) is 1. The number of amides is 1. The third-order valence-corrected chi connectivity index (χ3v) is 7.92. The lowest BCUT2D eigenvalue weighted by Crippen LogP contribution is -2.50. The van der Waals surface area contributed by atoms with Crippen molar-refractivity contribution < 1.29 is 31.8 Å². The largest absolute Gasteiger partial charge is 0.479 e. The highest BCUT2D eigenvalue weighted by Crippen LogP contribution is 2.61. The van der Waals surface area contributed by atoms with Crippen LogP contribution < -0.4 is 9.46 Å². The molecule has 184 valence electrons. The number of ether oxygens (including phenoxy) is 3. The van der Waals surface area contributed by atoms with Crippen LogP contribution in [0.15, 0.2) is 6.20 Å². The second-order valence-electron chi connectivity index (χ2n) is 9.36. The van der Waals surface area contributed by atoms with E-state index in [0.717, 1.165) is 38.1 Å². The molecule has 12 heteroatoms. The molecule has 2 saturated carbocycles. The fourth-order valence-corrected chi connectivity index (χ4v) is 6.34. The predicted octanol–water partition coefficient (Wildman–Crippen LogP) is 1.60. The van der Waals surface area contributed by atoms with Crippen LogP contribution in [0.3, 0.4) is 0 Å². The van der Waals surface area contributed by atoms with Gasteiger partial charge in [-0.25, -0.2) is 22.9 Å². The van der Waals surface area contributed by atoms with Gasteiger partial charge >= 0.3 is 6.09 Å². The normalized spacial score (nSPS) is 33.5. The summed E-state index contributed by atoms with van der Waals surface area (Å²) in [4.78, 5) is 22.4. The number of carbonyl (C=O) groups excluding carboxylic acids is 1. The zero-order chi connectivity index (χ0) is 24.0. The van der Waals surface area contributed by atoms with Crippen molar-refractivity contribution in [1.29, 1.82) is 0 Å². The number of nitrogens with one attached hydrogen (secondary N) is 1. The number of hydrogen-bond donors (Lipinski definition) is 1. The average molecular weight is 487 g/mol. The van der Waals surface area contributed by atoms with E-state index in [1.165, 1.54) is 14.2 Å². The van der Waals surface area contributed by atoms with Crippen molar-refractivity contribution in [2.45, 2.75) is 68.7 Å². The van der Waals surface area contributed by atoms with Gasteiger partial charge in [-0.15, -0.1) is 0 Å². The second-order valence-corrected chi connectivity index (χ2v) is 11.1. The molecule has 3 aliphatic rings. The standard InChI is InChI=1S/C21H31FN4O6S/c1-12-7-16(25-33(4,28)29)17(26(12)20(27)31-3)11-32-14-5-6-21(9-13(21)8-14)19-23-10-15(22)18(24-19)30-2/h10,12-14,16-17,25H,5-9,11H2,1-4H3/t12-,13?,14?,16+,17+,21?/m1/s1. The topological polar surface area (TPSA) is 120 Å². The fraction of sp³-hybridized carbons (Fsp3) is 0.762. The van der Waals surface area contributed by atoms with Crippen molar-refractivity contribution in [2.75, 3.05) is 27.1 Å². The van der Waals surface area contributed by atoms with Gasteiger partial charge < -0.3 is 14.2 Å². The summed E-state index contributed by atoms with van der Waals surface area (Å²) in [6, 6.07) is -1.09. The molecule has 0 aromatic carbocycles. The van der Waals surface area contributed by atoms with Gasteiger partial charge in [0.15, 0.2) is 0 Å². The fourth-order valence-electron chi connectivity index (χ4n) is 5.53. The Morgan fingerprint density at radius 1 is 1.36 bits per heavy atom. The van der Waals surface area contributed by atoms with Gasteiger partial charge in [0, 0.05) is 17.5 Å². The van der Waals surface area contributed by atoms with E-state index in [0.29, 0.717) is 18.2 Å². The first-order chi connectivity index (χ1) is 15.6. The van der Waals surface area contributed by atoms with E-state index >= 15 is 0 Å². The van der Waals surface area contributed by atoms with Crippen molar-refractivity contribution in [2.24, 2.45) is 5.92 Å². The van der Waals surface area contributed by atoms with Gasteiger partial charge in [-0.1, -0.05) is 0 Å². The third kappa shape index (κ3) is 4.78. The Balaban J connectivity index is 1.40. The number of fused-ring (bicyclic) bond motifs is 1. The van der Waals surface area contributed by atoms with Gasteiger partial charge in [0.2, 0.25) is 15.8 Å². The van der Waals surface area contributed by atoms with E-state index in [4.69, 9.17) is 14.2 Å². The second kappa shape index (κ2) is 8.95. The molecule has 0 bridgehead atoms. The summed E-state index contributed by atoms with van der Waals surface area (Å²) < 4.78 is 56.2. The molecule has 1 aliphatic heterocycles. The van der Waals surface area contributed by atoms with Gasteiger partial charge in [0.1, 0.15) is 5.82 Å². The molecule has 2 heterocycles. The molecule has 3 unspecified atom stereocenters. The van der Waals surface area contributed by atoms with E-state index in [-0.39, 0.29) is 30.0 Å². The Hall–Kier alpha value is -2.05. The summed E-state index contributed by atoms with van der Waals surface area (Å²) in [5, 5.41) is 0. The zero-order valence-corrected chi connectivity index (χ0v) is 20.1. The summed E-state index contributed by atoms with van der Waals surface area (Å²) in [6.07, 6.45) is 5.51. The molecule has 3 fully saturated rings. The molecule has 1 aromatic heterocycles. The van der Waals surface area contributed by atoms with Crippen molar-refractivity contribution in [3.8, 4) is 5.88 Å². The minimum atomic E-state index is -3.45. The quantitative estimate of drug-likeness (QED) is 0.617. The molecule has 0 radical (unpaired) electrons. The molecule has 10 nitrogen and oxygen atoms in total. The molecule has 0 spiro atoms. The van der Waals surface area contributed by atoms with E-state index < -0.39 is 34.0 Å². The van der Waals surface area contributed by atoms with Crippen LogP contribution in [0.1, 0.15) is 44.9 Å². The summed E-state index contributed by atoms with van der Waals surface area (Å²) >= 11 is 0. The Kier molecular flexibility index (Phi) is 6.53. The van der Waals surface area contributed by atoms with Gasteiger partial charge in [0.25, 0.3) is 5.88 Å². The lowest BCUT2D eigenvalue weighted by atomic mass is 9.86. The van der Waals surface area contributed by atoms with Crippen LogP contribution in [0.5, 0.6) is 5.88 Å². The highest BCUT2D eigenvalue weighted by Gasteiger charge is 2.60. The highest BCUT2D eigenvalue weighted by atomic mass is 32.2. The lowest BCUT2D eigenvalue weighted by Gasteiger charge is -2.32. The third-order valence-electron chi connectivity index (χ3n) is 7.19. The van der Waals surface area contributed by atoms with Crippen LogP contribution in [-0.4, -0.2) is 80.7 Å². The molecule has 1 amide bonds. The molecular weight excluding hydrogens is 455 g/mol. The van der Waals surface area contributed by atoms with E-state index in [1.807, 2.05) is 6.92 Å². The van der Waals surface area contributed by atoms with Crippen molar-refractivity contribution >= 4 is 16.1 Å². The molecule has 1 aromatic rings. The van der Waals surface area contributed by atoms with Gasteiger partial charge in [-0.05, 0) is 44.9 Å². The molecule has 4 rings (SSSR count). The van der Waals surface area contributed by atoms with Crippen molar-refractivity contribution in [3.63, 3.8) is 0 Å². The SMILES string of the molecule is COC(=O)N1[C@H](C)C[C@H](NS(C)(=O)=O)[C@@H]1COC1CCC2(c3ncc(F)c(OC)n3)CC2C1. The Labute approximate surface area is 193 Å². The maximum Gasteiger partial charge on any atom is 0.410 e. The minimum Gasteiger partial charge on any atom is -0.479 e. The van der Waals surface area contributed by atoms with Gasteiger partial charge in [-0.2, -0.15) is 9.37 Å². The first-order valence-corrected chi connectivity index (χ1v) is 13.0. The Bertz CT molecular complexity index is 1010. The molecular formula is C21H31FN4O6S. The van der Waals surface area contributed by atoms with E-state index in [2.05, 4.69) is 14.7 Å². The van der Waals surface area contributed by atoms with E-state index in [1.54, 1.807) is 4.90 Å². The van der Waals surface area contributed by atoms with Crippen LogP contribution in [0.25, 0.3) is 0 Å². The average Bonchev–Trinajstić information content (AvgIpc) is 3.42. The number of methoxy groups -OCH3 is 2. The van der Waals surface area contributed by atoms with Crippen LogP contribution in [0.4, 0.5) is 9.18 Å². The summed E-state index contributed by atoms with van der Waals surface area (Å²) in [5.74, 6) is 0.324. The van der Waals surface area contributed by atoms with Crippen LogP contribution in [0.2, 0.25) is 0 Å². The summed E-state index contributed by atoms with van der Waals surface area (Å²) in [7, 11) is -0.753. The predicted molar refractivity (Wildman–Crippen MR) is 116 cm³/mol. The minimum absolute atomic E-state index is 0.0257. The lowest BCUT2D eigenvalue weighted by molar-refractivity contribution is -0.0103. The molecule has 1 N–H and O–H groups in total.